The molecule has 2 atom stereocenters. The monoisotopic (exact) mass is 273 g/mol. The molecule has 0 spiro atoms. The number of carbonyl (C=O) groups is 2. The van der Waals surface area contributed by atoms with Crippen molar-refractivity contribution >= 4 is 11.8 Å². The summed E-state index contributed by atoms with van der Waals surface area (Å²) in [4.78, 5) is 22.3. The Bertz CT molecular complexity index is 273. The molecule has 0 aromatic carbocycles. The van der Waals surface area contributed by atoms with Gasteiger partial charge in [0.2, 0.25) is 11.8 Å². The van der Waals surface area contributed by atoms with Crippen LogP contribution in [0.3, 0.4) is 0 Å². The molecule has 0 aliphatic rings. The highest BCUT2D eigenvalue weighted by molar-refractivity contribution is 5.81. The fraction of sp³-hybridized carbons (Fsp3) is 0.833. The fourth-order valence-electron chi connectivity index (χ4n) is 1.61. The molecule has 7 nitrogen and oxygen atoms in total. The van der Waals surface area contributed by atoms with Gasteiger partial charge in [-0.15, -0.1) is 0 Å². The fourth-order valence-corrected chi connectivity index (χ4v) is 1.61. The Morgan fingerprint density at radius 3 is 2.11 bits per heavy atom. The van der Waals surface area contributed by atoms with Crippen LogP contribution in [0.4, 0.5) is 0 Å². The van der Waals surface area contributed by atoms with E-state index in [4.69, 9.17) is 22.9 Å². The van der Waals surface area contributed by atoms with E-state index in [1.165, 1.54) is 0 Å². The molecule has 0 aliphatic heterocycles. The molecule has 0 fully saturated rings. The number of primary amides is 1. The number of carbonyl (C=O) groups excluding carboxylic acids is 2. The van der Waals surface area contributed by atoms with E-state index >= 15 is 0 Å². The molecule has 0 radical (unpaired) electrons. The van der Waals surface area contributed by atoms with Crippen LogP contribution in [-0.2, 0) is 9.59 Å². The lowest BCUT2D eigenvalue weighted by atomic mass is 10.1. The summed E-state index contributed by atoms with van der Waals surface area (Å²) in [6.45, 7) is 1.16. The van der Waals surface area contributed by atoms with Crippen LogP contribution in [0.15, 0.2) is 0 Å². The minimum Gasteiger partial charge on any atom is -0.368 e. The van der Waals surface area contributed by atoms with Gasteiger partial charge < -0.3 is 28.3 Å². The molecule has 0 heterocycles. The normalized spacial score (nSPS) is 13.8. The van der Waals surface area contributed by atoms with E-state index in [0.29, 0.717) is 25.9 Å². The Morgan fingerprint density at radius 2 is 1.53 bits per heavy atom. The summed E-state index contributed by atoms with van der Waals surface area (Å²) in [7, 11) is 0. The average molecular weight is 273 g/mol. The van der Waals surface area contributed by atoms with Crippen LogP contribution in [0.25, 0.3) is 0 Å². The first-order valence-corrected chi connectivity index (χ1v) is 6.77. The number of nitrogens with one attached hydrogen (secondary N) is 1. The summed E-state index contributed by atoms with van der Waals surface area (Å²) in [5.74, 6) is -0.637. The first-order chi connectivity index (χ1) is 8.99. The third-order valence-corrected chi connectivity index (χ3v) is 2.91. The maximum atomic E-state index is 11.6. The van der Waals surface area contributed by atoms with Gasteiger partial charge in [-0.2, -0.15) is 0 Å². The summed E-state index contributed by atoms with van der Waals surface area (Å²) < 4.78 is 0. The maximum absolute atomic E-state index is 11.6. The quantitative estimate of drug-likeness (QED) is 0.291. The van der Waals surface area contributed by atoms with Crippen LogP contribution < -0.4 is 28.3 Å². The minimum atomic E-state index is -0.603. The van der Waals surface area contributed by atoms with E-state index in [2.05, 4.69) is 5.32 Å². The van der Waals surface area contributed by atoms with Crippen LogP contribution in [0.1, 0.15) is 38.5 Å². The lowest BCUT2D eigenvalue weighted by Gasteiger charge is -2.12. The lowest BCUT2D eigenvalue weighted by molar-refractivity contribution is -0.122. The third-order valence-electron chi connectivity index (χ3n) is 2.91. The van der Waals surface area contributed by atoms with Gasteiger partial charge in [0.15, 0.2) is 0 Å². The number of hydrogen-bond donors (Lipinski definition) is 5. The Hall–Kier alpha value is -1.18. The van der Waals surface area contributed by atoms with E-state index in [1.54, 1.807) is 0 Å². The largest absolute Gasteiger partial charge is 0.368 e. The molecule has 2 amide bonds. The van der Waals surface area contributed by atoms with Crippen molar-refractivity contribution in [2.24, 2.45) is 22.9 Å². The Morgan fingerprint density at radius 1 is 0.947 bits per heavy atom. The van der Waals surface area contributed by atoms with Gasteiger partial charge in [0.1, 0.15) is 0 Å². The maximum Gasteiger partial charge on any atom is 0.236 e. The highest BCUT2D eigenvalue weighted by Gasteiger charge is 2.12. The molecule has 0 rings (SSSR count). The molecule has 19 heavy (non-hydrogen) atoms. The molecule has 1 unspecified atom stereocenters. The first kappa shape index (κ1) is 17.8. The Labute approximate surface area is 114 Å². The Kier molecular flexibility index (Phi) is 10.1. The van der Waals surface area contributed by atoms with Crippen molar-refractivity contribution in [3.63, 3.8) is 0 Å². The molecule has 0 aromatic heterocycles. The van der Waals surface area contributed by atoms with Crippen molar-refractivity contribution in [3.05, 3.63) is 0 Å². The number of unbranched alkanes of at least 4 members (excludes halogenated alkanes) is 2. The van der Waals surface area contributed by atoms with Gasteiger partial charge in [0.05, 0.1) is 12.1 Å². The third kappa shape index (κ3) is 9.40. The van der Waals surface area contributed by atoms with Gasteiger partial charge in [-0.3, -0.25) is 9.59 Å². The number of amides is 2. The van der Waals surface area contributed by atoms with E-state index in [9.17, 15) is 9.59 Å². The second kappa shape index (κ2) is 10.7. The van der Waals surface area contributed by atoms with Gasteiger partial charge in [-0.1, -0.05) is 6.42 Å². The second-order valence-corrected chi connectivity index (χ2v) is 4.69. The smallest absolute Gasteiger partial charge is 0.236 e. The highest BCUT2D eigenvalue weighted by atomic mass is 16.2. The van der Waals surface area contributed by atoms with Gasteiger partial charge in [-0.25, -0.2) is 0 Å². The number of nitrogens with two attached hydrogens (primary N) is 4. The lowest BCUT2D eigenvalue weighted by Crippen LogP contribution is -2.41. The van der Waals surface area contributed by atoms with Crippen molar-refractivity contribution < 1.29 is 9.59 Å². The predicted octanol–water partition coefficient (Wildman–Crippen LogP) is -1.46. The van der Waals surface area contributed by atoms with E-state index in [-0.39, 0.29) is 5.91 Å². The SMILES string of the molecule is NCCCC[C@H](N)C(=O)NCCCCC(N)C(N)=O. The second-order valence-electron chi connectivity index (χ2n) is 4.69. The van der Waals surface area contributed by atoms with Crippen LogP contribution in [-0.4, -0.2) is 37.0 Å². The molecule has 0 aliphatic carbocycles. The summed E-state index contributed by atoms with van der Waals surface area (Å²) in [5, 5.41) is 2.76. The zero-order chi connectivity index (χ0) is 14.7. The van der Waals surface area contributed by atoms with Crippen molar-refractivity contribution in [3.8, 4) is 0 Å². The van der Waals surface area contributed by atoms with Crippen LogP contribution in [0, 0.1) is 0 Å². The van der Waals surface area contributed by atoms with Crippen molar-refractivity contribution in [1.82, 2.24) is 5.32 Å². The summed E-state index contributed by atoms with van der Waals surface area (Å²) in [5.41, 5.74) is 21.6. The van der Waals surface area contributed by atoms with E-state index in [1.807, 2.05) is 0 Å². The molecule has 7 heteroatoms. The molecule has 112 valence electrons. The Balaban J connectivity index is 3.54. The van der Waals surface area contributed by atoms with Crippen molar-refractivity contribution in [2.75, 3.05) is 13.1 Å². The average Bonchev–Trinajstić information content (AvgIpc) is 2.37. The molecule has 0 aromatic rings. The molecule has 0 saturated heterocycles. The van der Waals surface area contributed by atoms with E-state index < -0.39 is 18.0 Å². The number of rotatable bonds is 11. The van der Waals surface area contributed by atoms with Crippen molar-refractivity contribution in [2.45, 2.75) is 50.6 Å². The van der Waals surface area contributed by atoms with Crippen LogP contribution in [0.5, 0.6) is 0 Å². The zero-order valence-corrected chi connectivity index (χ0v) is 11.4. The molecular weight excluding hydrogens is 246 g/mol. The summed E-state index contributed by atoms with van der Waals surface area (Å²) in [6, 6.07) is -1.08. The van der Waals surface area contributed by atoms with Gasteiger partial charge in [0, 0.05) is 6.54 Å². The van der Waals surface area contributed by atoms with Crippen molar-refractivity contribution in [1.29, 1.82) is 0 Å². The molecule has 9 N–H and O–H groups in total. The van der Waals surface area contributed by atoms with Gasteiger partial charge >= 0.3 is 0 Å². The summed E-state index contributed by atoms with van der Waals surface area (Å²) in [6.07, 6.45) is 4.42. The van der Waals surface area contributed by atoms with Gasteiger partial charge in [-0.05, 0) is 38.6 Å². The molecular formula is C12H27N5O2. The molecule has 0 bridgehead atoms. The predicted molar refractivity (Wildman–Crippen MR) is 74.9 cm³/mol. The zero-order valence-electron chi connectivity index (χ0n) is 11.4. The van der Waals surface area contributed by atoms with E-state index in [0.717, 1.165) is 25.7 Å². The first-order valence-electron chi connectivity index (χ1n) is 6.77. The molecule has 0 saturated carbocycles. The van der Waals surface area contributed by atoms with Gasteiger partial charge in [0.25, 0.3) is 0 Å². The highest BCUT2D eigenvalue weighted by Crippen LogP contribution is 2.00. The topological polar surface area (TPSA) is 150 Å². The van der Waals surface area contributed by atoms with Crippen LogP contribution >= 0.6 is 0 Å². The standard InChI is InChI=1S/C12H27N5O2/c13-7-3-1-6-10(15)12(19)17-8-4-2-5-9(14)11(16)18/h9-10H,1-8,13-15H2,(H2,16,18)(H,17,19)/t9?,10-/m0/s1. The minimum absolute atomic E-state index is 0.142. The van der Waals surface area contributed by atoms with Crippen LogP contribution in [0.2, 0.25) is 0 Å². The number of hydrogen-bond acceptors (Lipinski definition) is 5. The summed E-state index contributed by atoms with van der Waals surface area (Å²) >= 11 is 0.